The first-order valence-corrected chi connectivity index (χ1v) is 13.9. The van der Waals surface area contributed by atoms with Crippen LogP contribution >= 0.6 is 0 Å². The Balaban J connectivity index is 4.27. The van der Waals surface area contributed by atoms with Crippen molar-refractivity contribution >= 4 is 22.4 Å². The minimum absolute atomic E-state index is 0.0168. The maximum atomic E-state index is 11.3. The monoisotopic (exact) mass is 316 g/mol. The van der Waals surface area contributed by atoms with E-state index >= 15 is 0 Å². The third-order valence-electron chi connectivity index (χ3n) is 3.84. The molecule has 3 nitrogen and oxygen atoms in total. The average molecular weight is 317 g/mol. The molecule has 118 valence electrons. The van der Waals surface area contributed by atoms with Crippen molar-refractivity contribution in [2.24, 2.45) is 0 Å². The normalized spacial score (nSPS) is 13.2. The van der Waals surface area contributed by atoms with Crippen molar-refractivity contribution in [2.45, 2.75) is 71.2 Å². The molecule has 0 spiro atoms. The molecule has 0 saturated heterocycles. The van der Waals surface area contributed by atoms with Crippen LogP contribution in [0.2, 0.25) is 38.8 Å². The Morgan fingerprint density at radius 1 is 1.15 bits per heavy atom. The van der Waals surface area contributed by atoms with Crippen molar-refractivity contribution in [3.63, 3.8) is 0 Å². The molecular formula is C15H32O3Si2. The fourth-order valence-corrected chi connectivity index (χ4v) is 6.21. The highest BCUT2D eigenvalue weighted by Crippen LogP contribution is 2.29. The van der Waals surface area contributed by atoms with E-state index in [9.17, 15) is 4.79 Å². The summed E-state index contributed by atoms with van der Waals surface area (Å²) < 4.78 is 11.6. The maximum absolute atomic E-state index is 11.3. The van der Waals surface area contributed by atoms with Gasteiger partial charge in [-0.05, 0) is 46.3 Å². The molecule has 0 aliphatic rings. The lowest BCUT2D eigenvalue weighted by atomic mass is 10.4. The average Bonchev–Trinajstić information content (AvgIpc) is 2.20. The summed E-state index contributed by atoms with van der Waals surface area (Å²) >= 11 is 0. The van der Waals surface area contributed by atoms with E-state index in [1.54, 1.807) is 6.92 Å². The van der Waals surface area contributed by atoms with Gasteiger partial charge in [-0.25, -0.2) is 4.79 Å². The quantitative estimate of drug-likeness (QED) is 0.289. The van der Waals surface area contributed by atoms with Crippen molar-refractivity contribution < 1.29 is 14.0 Å². The van der Waals surface area contributed by atoms with Gasteiger partial charge in [0.2, 0.25) is 0 Å². The van der Waals surface area contributed by atoms with Crippen molar-refractivity contribution in [2.75, 3.05) is 6.61 Å². The Labute approximate surface area is 126 Å². The molecule has 0 aromatic rings. The SMILES string of the molecule is C=C(C)C(=O)OCCC[Si](C)(C)OC(C)(C)[Si](C)(C)C. The number of hydrogen-bond donors (Lipinski definition) is 0. The molecule has 0 aromatic heterocycles. The van der Waals surface area contributed by atoms with Crippen LogP contribution in [0.15, 0.2) is 12.2 Å². The highest BCUT2D eigenvalue weighted by Gasteiger charge is 2.40. The molecule has 0 bridgehead atoms. The molecule has 0 aliphatic heterocycles. The smallest absolute Gasteiger partial charge is 0.333 e. The summed E-state index contributed by atoms with van der Waals surface area (Å²) in [5.41, 5.74) is 0.456. The summed E-state index contributed by atoms with van der Waals surface area (Å²) in [5, 5.41) is -0.0168. The van der Waals surface area contributed by atoms with Gasteiger partial charge in [-0.1, -0.05) is 26.2 Å². The topological polar surface area (TPSA) is 35.5 Å². The van der Waals surface area contributed by atoms with E-state index in [2.05, 4.69) is 53.2 Å². The molecule has 0 unspecified atom stereocenters. The molecule has 0 heterocycles. The Hall–Kier alpha value is -0.396. The summed E-state index contributed by atoms with van der Waals surface area (Å²) in [7, 11) is -3.09. The Morgan fingerprint density at radius 2 is 1.65 bits per heavy atom. The first-order chi connectivity index (χ1) is 8.78. The van der Waals surface area contributed by atoms with Gasteiger partial charge in [0.1, 0.15) is 0 Å². The third kappa shape index (κ3) is 6.86. The zero-order chi connectivity index (χ0) is 16.2. The highest BCUT2D eigenvalue weighted by atomic mass is 28.4. The lowest BCUT2D eigenvalue weighted by Gasteiger charge is -2.43. The number of carbonyl (C=O) groups is 1. The molecule has 0 rings (SSSR count). The van der Waals surface area contributed by atoms with Gasteiger partial charge in [-0.15, -0.1) is 0 Å². The molecule has 0 fully saturated rings. The van der Waals surface area contributed by atoms with E-state index in [1.807, 2.05) is 0 Å². The van der Waals surface area contributed by atoms with E-state index in [4.69, 9.17) is 9.16 Å². The number of rotatable bonds is 8. The maximum Gasteiger partial charge on any atom is 0.333 e. The van der Waals surface area contributed by atoms with Gasteiger partial charge in [0.15, 0.2) is 8.32 Å². The van der Waals surface area contributed by atoms with Gasteiger partial charge >= 0.3 is 5.97 Å². The van der Waals surface area contributed by atoms with Crippen LogP contribution in [0.1, 0.15) is 27.2 Å². The van der Waals surface area contributed by atoms with Crippen LogP contribution in [-0.4, -0.2) is 34.2 Å². The lowest BCUT2D eigenvalue weighted by molar-refractivity contribution is -0.138. The summed E-state index contributed by atoms with van der Waals surface area (Å²) in [5.74, 6) is -0.298. The first kappa shape index (κ1) is 19.6. The summed E-state index contributed by atoms with van der Waals surface area (Å²) in [4.78, 5) is 11.3. The third-order valence-corrected chi connectivity index (χ3v) is 10.4. The van der Waals surface area contributed by atoms with Crippen LogP contribution in [0.4, 0.5) is 0 Å². The predicted octanol–water partition coefficient (Wildman–Crippen LogP) is 4.37. The molecule has 5 heteroatoms. The minimum Gasteiger partial charge on any atom is -0.462 e. The van der Waals surface area contributed by atoms with Crippen LogP contribution in [0.25, 0.3) is 0 Å². The predicted molar refractivity (Wildman–Crippen MR) is 91.2 cm³/mol. The van der Waals surface area contributed by atoms with E-state index in [-0.39, 0.29) is 11.2 Å². The summed E-state index contributed by atoms with van der Waals surface area (Å²) in [6, 6.07) is 1.00. The van der Waals surface area contributed by atoms with E-state index < -0.39 is 16.4 Å². The van der Waals surface area contributed by atoms with Crippen LogP contribution in [0.5, 0.6) is 0 Å². The minimum atomic E-state index is -1.73. The number of esters is 1. The zero-order valence-electron chi connectivity index (χ0n) is 14.6. The van der Waals surface area contributed by atoms with Gasteiger partial charge < -0.3 is 9.16 Å². The van der Waals surface area contributed by atoms with Gasteiger partial charge in [-0.2, -0.15) is 0 Å². The number of hydrogen-bond acceptors (Lipinski definition) is 3. The summed E-state index contributed by atoms with van der Waals surface area (Å²) in [6.07, 6.45) is 0.861. The standard InChI is InChI=1S/C15H32O3Si2/c1-13(2)14(16)17-11-10-12-20(8,9)18-15(3,4)19(5,6)7/h1,10-12H2,2-9H3. The van der Waals surface area contributed by atoms with Gasteiger partial charge in [0.25, 0.3) is 0 Å². The van der Waals surface area contributed by atoms with Gasteiger partial charge in [0, 0.05) is 10.8 Å². The molecule has 0 N–H and O–H groups in total. The fraction of sp³-hybridized carbons (Fsp3) is 0.800. The fourth-order valence-electron chi connectivity index (χ4n) is 1.68. The van der Waals surface area contributed by atoms with Crippen molar-refractivity contribution in [1.82, 2.24) is 0 Å². The van der Waals surface area contributed by atoms with Crippen molar-refractivity contribution in [3.8, 4) is 0 Å². The van der Waals surface area contributed by atoms with Crippen molar-refractivity contribution in [3.05, 3.63) is 12.2 Å². The zero-order valence-corrected chi connectivity index (χ0v) is 16.6. The Kier molecular flexibility index (Phi) is 6.91. The largest absolute Gasteiger partial charge is 0.462 e. The number of carbonyl (C=O) groups excluding carboxylic acids is 1. The van der Waals surface area contributed by atoms with E-state index in [1.165, 1.54) is 0 Å². The molecule has 0 aromatic carbocycles. The molecule has 0 amide bonds. The molecule has 0 atom stereocenters. The second kappa shape index (κ2) is 7.05. The molecular weight excluding hydrogens is 284 g/mol. The van der Waals surface area contributed by atoms with Crippen LogP contribution in [0, 0.1) is 0 Å². The second-order valence-electron chi connectivity index (χ2n) is 7.64. The van der Waals surface area contributed by atoms with Crippen LogP contribution in [-0.2, 0) is 14.0 Å². The molecule has 0 aliphatic carbocycles. The van der Waals surface area contributed by atoms with Crippen molar-refractivity contribution in [1.29, 1.82) is 0 Å². The van der Waals surface area contributed by atoms with Crippen LogP contribution in [0.3, 0.4) is 0 Å². The first-order valence-electron chi connectivity index (χ1n) is 7.31. The number of ether oxygens (including phenoxy) is 1. The molecule has 0 radical (unpaired) electrons. The van der Waals surface area contributed by atoms with Crippen LogP contribution < -0.4 is 0 Å². The molecule has 20 heavy (non-hydrogen) atoms. The Morgan fingerprint density at radius 3 is 2.05 bits per heavy atom. The van der Waals surface area contributed by atoms with E-state index in [0.717, 1.165) is 12.5 Å². The lowest BCUT2D eigenvalue weighted by Crippen LogP contribution is -2.55. The summed E-state index contributed by atoms with van der Waals surface area (Å²) in [6.45, 7) is 21.6. The highest BCUT2D eigenvalue weighted by molar-refractivity contribution is 6.80. The second-order valence-corrected chi connectivity index (χ2v) is 17.6. The molecule has 0 saturated carbocycles. The van der Waals surface area contributed by atoms with Gasteiger partial charge in [-0.3, -0.25) is 0 Å². The Bertz CT molecular complexity index is 355. The van der Waals surface area contributed by atoms with E-state index in [0.29, 0.717) is 12.2 Å². The van der Waals surface area contributed by atoms with Gasteiger partial charge in [0.05, 0.1) is 14.7 Å².